The molecule has 124 valence electrons. The number of non-ortho nitro benzene ring substituents is 1. The Morgan fingerprint density at radius 3 is 2.67 bits per heavy atom. The Balaban J connectivity index is 1.87. The van der Waals surface area contributed by atoms with Crippen LogP contribution in [-0.2, 0) is 6.42 Å². The van der Waals surface area contributed by atoms with Gasteiger partial charge in [0.1, 0.15) is 5.76 Å². The van der Waals surface area contributed by atoms with Gasteiger partial charge in [0.15, 0.2) is 0 Å². The van der Waals surface area contributed by atoms with E-state index in [1.165, 1.54) is 12.1 Å². The summed E-state index contributed by atoms with van der Waals surface area (Å²) in [6, 6.07) is 5.91. The first-order chi connectivity index (χ1) is 11.5. The number of hydrazone groups is 1. The Morgan fingerprint density at radius 2 is 2.04 bits per heavy atom. The molecule has 1 aliphatic carbocycles. The zero-order valence-electron chi connectivity index (χ0n) is 12.9. The van der Waals surface area contributed by atoms with E-state index in [0.717, 1.165) is 17.7 Å². The molecule has 0 fully saturated rings. The lowest BCUT2D eigenvalue weighted by Crippen LogP contribution is -2.13. The second-order valence-electron chi connectivity index (χ2n) is 5.49. The fourth-order valence-corrected chi connectivity index (χ4v) is 2.77. The second kappa shape index (κ2) is 6.15. The van der Waals surface area contributed by atoms with Crippen molar-refractivity contribution in [2.75, 3.05) is 5.43 Å². The molecule has 3 rings (SSSR count). The van der Waals surface area contributed by atoms with Crippen molar-refractivity contribution in [2.24, 2.45) is 5.10 Å². The molecule has 0 saturated carbocycles. The number of carbonyl (C=O) groups is 1. The number of nitro groups is 1. The summed E-state index contributed by atoms with van der Waals surface area (Å²) in [4.78, 5) is 21.4. The molecule has 1 aromatic heterocycles. The molecule has 24 heavy (non-hydrogen) atoms. The van der Waals surface area contributed by atoms with E-state index < -0.39 is 10.9 Å². The number of nitro benzene ring substituents is 1. The Kier molecular flexibility index (Phi) is 4.03. The molecule has 2 aromatic rings. The molecular weight excluding hydrogens is 314 g/mol. The van der Waals surface area contributed by atoms with Crippen molar-refractivity contribution in [3.05, 3.63) is 57.0 Å². The van der Waals surface area contributed by atoms with Crippen molar-refractivity contribution in [3.8, 4) is 0 Å². The highest BCUT2D eigenvalue weighted by atomic mass is 16.6. The maximum atomic E-state index is 11.2. The zero-order valence-corrected chi connectivity index (χ0v) is 12.9. The largest absolute Gasteiger partial charge is 0.475 e. The van der Waals surface area contributed by atoms with E-state index in [-0.39, 0.29) is 11.4 Å². The Morgan fingerprint density at radius 1 is 1.33 bits per heavy atom. The number of furan rings is 1. The van der Waals surface area contributed by atoms with Gasteiger partial charge in [-0.15, -0.1) is 0 Å². The number of carboxylic acids is 1. The number of fused-ring (bicyclic) bond motifs is 1. The Hall–Kier alpha value is -3.16. The molecule has 0 spiro atoms. The molecule has 1 heterocycles. The van der Waals surface area contributed by atoms with Gasteiger partial charge in [-0.25, -0.2) is 4.79 Å². The third-order valence-corrected chi connectivity index (χ3v) is 3.92. The quantitative estimate of drug-likeness (QED) is 0.656. The first kappa shape index (κ1) is 15.7. The highest BCUT2D eigenvalue weighted by Crippen LogP contribution is 2.30. The lowest BCUT2D eigenvalue weighted by molar-refractivity contribution is -0.384. The molecule has 1 aromatic carbocycles. The van der Waals surface area contributed by atoms with Crippen molar-refractivity contribution in [1.29, 1.82) is 0 Å². The van der Waals surface area contributed by atoms with Crippen LogP contribution < -0.4 is 5.43 Å². The summed E-state index contributed by atoms with van der Waals surface area (Å²) in [5.74, 6) is -0.505. The fourth-order valence-electron chi connectivity index (χ4n) is 2.77. The number of aromatic carboxylic acids is 1. The number of aryl methyl sites for hydroxylation is 1. The maximum Gasteiger partial charge on any atom is 0.372 e. The van der Waals surface area contributed by atoms with Crippen molar-refractivity contribution in [2.45, 2.75) is 26.2 Å². The van der Waals surface area contributed by atoms with Gasteiger partial charge in [0.2, 0.25) is 5.76 Å². The van der Waals surface area contributed by atoms with Crippen LogP contribution in [-0.4, -0.2) is 21.7 Å². The van der Waals surface area contributed by atoms with Crippen LogP contribution in [0.4, 0.5) is 11.4 Å². The molecule has 0 amide bonds. The number of anilines is 1. The van der Waals surface area contributed by atoms with E-state index in [0.29, 0.717) is 29.9 Å². The fraction of sp³-hybridized carbons (Fsp3) is 0.250. The van der Waals surface area contributed by atoms with Crippen molar-refractivity contribution < 1.29 is 19.2 Å². The molecule has 0 unspecified atom stereocenters. The van der Waals surface area contributed by atoms with Crippen LogP contribution in [0.1, 0.15) is 40.3 Å². The van der Waals surface area contributed by atoms with Gasteiger partial charge in [-0.3, -0.25) is 15.5 Å². The lowest BCUT2D eigenvalue weighted by atomic mass is 9.93. The third-order valence-electron chi connectivity index (χ3n) is 3.92. The normalized spacial score (nSPS) is 15.1. The van der Waals surface area contributed by atoms with Crippen molar-refractivity contribution >= 4 is 23.1 Å². The lowest BCUT2D eigenvalue weighted by Gasteiger charge is -2.13. The first-order valence-electron chi connectivity index (χ1n) is 7.40. The minimum atomic E-state index is -1.09. The van der Waals surface area contributed by atoms with E-state index in [4.69, 9.17) is 4.42 Å². The summed E-state index contributed by atoms with van der Waals surface area (Å²) in [5.41, 5.74) is 5.52. The summed E-state index contributed by atoms with van der Waals surface area (Å²) in [6.07, 6.45) is 2.20. The highest BCUT2D eigenvalue weighted by molar-refractivity contribution is 6.05. The second-order valence-corrected chi connectivity index (χ2v) is 5.49. The molecule has 8 heteroatoms. The van der Waals surface area contributed by atoms with Gasteiger partial charge in [0.05, 0.1) is 16.3 Å². The monoisotopic (exact) mass is 329 g/mol. The smallest absolute Gasteiger partial charge is 0.372 e. The molecule has 0 aliphatic heterocycles. The average Bonchev–Trinajstić information content (AvgIpc) is 2.91. The Labute approximate surface area is 136 Å². The van der Waals surface area contributed by atoms with E-state index in [9.17, 15) is 20.0 Å². The molecule has 0 saturated heterocycles. The van der Waals surface area contributed by atoms with Gasteiger partial charge in [-0.2, -0.15) is 5.10 Å². The molecule has 0 bridgehead atoms. The van der Waals surface area contributed by atoms with E-state index in [1.54, 1.807) is 19.1 Å². The van der Waals surface area contributed by atoms with Crippen LogP contribution in [0.25, 0.3) is 0 Å². The highest BCUT2D eigenvalue weighted by Gasteiger charge is 2.27. The predicted octanol–water partition coefficient (Wildman–Crippen LogP) is 3.35. The summed E-state index contributed by atoms with van der Waals surface area (Å²) in [6.45, 7) is 1.71. The van der Waals surface area contributed by atoms with Crippen LogP contribution in [0.5, 0.6) is 0 Å². The van der Waals surface area contributed by atoms with Crippen LogP contribution in [0.3, 0.4) is 0 Å². The molecule has 8 nitrogen and oxygen atoms in total. The maximum absolute atomic E-state index is 11.2. The number of rotatable bonds is 4. The summed E-state index contributed by atoms with van der Waals surface area (Å²) in [7, 11) is 0. The van der Waals surface area contributed by atoms with Crippen molar-refractivity contribution in [3.63, 3.8) is 0 Å². The number of benzene rings is 1. The number of nitrogens with zero attached hydrogens (tertiary/aromatic N) is 2. The van der Waals surface area contributed by atoms with E-state index in [1.807, 2.05) is 0 Å². The third kappa shape index (κ3) is 2.85. The standard InChI is InChI=1S/C16H15N3O5/c1-9-14-12(3-2-4-13(14)24-15(9)16(20)21)18-17-10-5-7-11(8-6-10)19(22)23/h5-8,17H,2-4H2,1H3,(H,20,21)/b18-12-. The van der Waals surface area contributed by atoms with Gasteiger partial charge in [0, 0.05) is 29.7 Å². The van der Waals surface area contributed by atoms with Gasteiger partial charge >= 0.3 is 5.97 Å². The minimum absolute atomic E-state index is 0.00457. The number of hydrogen-bond donors (Lipinski definition) is 2. The number of nitrogens with one attached hydrogen (secondary N) is 1. The van der Waals surface area contributed by atoms with Gasteiger partial charge < -0.3 is 9.52 Å². The number of hydrogen-bond acceptors (Lipinski definition) is 6. The molecule has 0 radical (unpaired) electrons. The molecule has 0 atom stereocenters. The van der Waals surface area contributed by atoms with Crippen LogP contribution in [0.15, 0.2) is 33.8 Å². The van der Waals surface area contributed by atoms with E-state index in [2.05, 4.69) is 10.5 Å². The topological polar surface area (TPSA) is 118 Å². The summed E-state index contributed by atoms with van der Waals surface area (Å²) in [5, 5.41) is 24.2. The van der Waals surface area contributed by atoms with E-state index >= 15 is 0 Å². The molecular formula is C16H15N3O5. The average molecular weight is 329 g/mol. The zero-order chi connectivity index (χ0) is 17.3. The first-order valence-corrected chi connectivity index (χ1v) is 7.40. The SMILES string of the molecule is Cc1c(C(=O)O)oc2c1/C(=N\Nc1ccc([N+](=O)[O-])cc1)CCC2. The minimum Gasteiger partial charge on any atom is -0.475 e. The predicted molar refractivity (Wildman–Crippen MR) is 86.6 cm³/mol. The Bertz CT molecular complexity index is 836. The van der Waals surface area contributed by atoms with Gasteiger partial charge in [-0.05, 0) is 31.9 Å². The molecule has 1 aliphatic rings. The van der Waals surface area contributed by atoms with Gasteiger partial charge in [0.25, 0.3) is 5.69 Å². The number of carboxylic acid groups (broad SMARTS) is 1. The van der Waals surface area contributed by atoms with Crippen molar-refractivity contribution in [1.82, 2.24) is 0 Å². The van der Waals surface area contributed by atoms with Crippen LogP contribution in [0, 0.1) is 17.0 Å². The van der Waals surface area contributed by atoms with Crippen LogP contribution in [0.2, 0.25) is 0 Å². The summed E-state index contributed by atoms with van der Waals surface area (Å²) >= 11 is 0. The summed E-state index contributed by atoms with van der Waals surface area (Å²) < 4.78 is 5.44. The van der Waals surface area contributed by atoms with Crippen LogP contribution >= 0.6 is 0 Å². The van der Waals surface area contributed by atoms with Gasteiger partial charge in [-0.1, -0.05) is 0 Å². The molecule has 2 N–H and O–H groups in total.